The standard InChI is InChI=1S/C13H28N2O/c1-3-13(4-2,10-14)11-15-7-8-16-9-12-5-6-12/h12,15H,3-11,14H2,1-2H3. The molecule has 0 saturated heterocycles. The van der Waals surface area contributed by atoms with Gasteiger partial charge in [0.05, 0.1) is 6.61 Å². The van der Waals surface area contributed by atoms with Crippen LogP contribution in [0.5, 0.6) is 0 Å². The molecule has 1 fully saturated rings. The molecule has 0 aliphatic heterocycles. The average Bonchev–Trinajstić information content (AvgIpc) is 3.13. The fraction of sp³-hybridized carbons (Fsp3) is 1.00. The van der Waals surface area contributed by atoms with Gasteiger partial charge < -0.3 is 15.8 Å². The molecule has 0 atom stereocenters. The van der Waals surface area contributed by atoms with Crippen molar-refractivity contribution in [3.63, 3.8) is 0 Å². The summed E-state index contributed by atoms with van der Waals surface area (Å²) in [5.74, 6) is 0.870. The molecule has 0 aromatic carbocycles. The van der Waals surface area contributed by atoms with Crippen molar-refractivity contribution in [1.29, 1.82) is 0 Å². The third-order valence-electron chi connectivity index (χ3n) is 3.91. The highest BCUT2D eigenvalue weighted by Crippen LogP contribution is 2.28. The van der Waals surface area contributed by atoms with Gasteiger partial charge in [-0.3, -0.25) is 0 Å². The van der Waals surface area contributed by atoms with E-state index < -0.39 is 0 Å². The highest BCUT2D eigenvalue weighted by atomic mass is 16.5. The smallest absolute Gasteiger partial charge is 0.0591 e. The molecule has 1 aliphatic carbocycles. The maximum atomic E-state index is 5.85. The van der Waals surface area contributed by atoms with E-state index in [0.717, 1.165) is 51.6 Å². The molecule has 3 N–H and O–H groups in total. The second kappa shape index (κ2) is 7.25. The van der Waals surface area contributed by atoms with Crippen molar-refractivity contribution < 1.29 is 4.74 Å². The highest BCUT2D eigenvalue weighted by molar-refractivity contribution is 4.79. The minimum Gasteiger partial charge on any atom is -0.380 e. The third kappa shape index (κ3) is 4.81. The molecule has 1 rings (SSSR count). The lowest BCUT2D eigenvalue weighted by Crippen LogP contribution is -2.40. The third-order valence-corrected chi connectivity index (χ3v) is 3.91. The number of nitrogens with two attached hydrogens (primary N) is 1. The second-order valence-corrected chi connectivity index (χ2v) is 5.11. The SMILES string of the molecule is CCC(CC)(CN)CNCCOCC1CC1. The van der Waals surface area contributed by atoms with E-state index in [1.807, 2.05) is 0 Å². The lowest BCUT2D eigenvalue weighted by Gasteiger charge is -2.30. The summed E-state index contributed by atoms with van der Waals surface area (Å²) in [4.78, 5) is 0. The van der Waals surface area contributed by atoms with Crippen LogP contribution in [0.1, 0.15) is 39.5 Å². The quantitative estimate of drug-likeness (QED) is 0.560. The Morgan fingerprint density at radius 3 is 2.50 bits per heavy atom. The molecule has 3 heteroatoms. The molecule has 0 spiro atoms. The lowest BCUT2D eigenvalue weighted by atomic mass is 9.82. The molecule has 0 aromatic heterocycles. The average molecular weight is 228 g/mol. The zero-order valence-corrected chi connectivity index (χ0v) is 10.9. The van der Waals surface area contributed by atoms with E-state index in [1.165, 1.54) is 12.8 Å². The summed E-state index contributed by atoms with van der Waals surface area (Å²) in [6.07, 6.45) is 5.04. The molecule has 1 saturated carbocycles. The monoisotopic (exact) mass is 228 g/mol. The Kier molecular flexibility index (Phi) is 6.32. The van der Waals surface area contributed by atoms with Crippen LogP contribution in [-0.2, 0) is 4.74 Å². The molecule has 0 aromatic rings. The lowest BCUT2D eigenvalue weighted by molar-refractivity contribution is 0.122. The molecular formula is C13H28N2O. The summed E-state index contributed by atoms with van der Waals surface area (Å²) in [7, 11) is 0. The molecule has 96 valence electrons. The van der Waals surface area contributed by atoms with E-state index in [2.05, 4.69) is 19.2 Å². The predicted octanol–water partition coefficient (Wildman–Crippen LogP) is 1.77. The van der Waals surface area contributed by atoms with E-state index in [1.54, 1.807) is 0 Å². The van der Waals surface area contributed by atoms with Gasteiger partial charge in [0.1, 0.15) is 0 Å². The van der Waals surface area contributed by atoms with Gasteiger partial charge in [-0.05, 0) is 43.6 Å². The predicted molar refractivity (Wildman–Crippen MR) is 68.5 cm³/mol. The van der Waals surface area contributed by atoms with Crippen LogP contribution in [0.2, 0.25) is 0 Å². The Balaban J connectivity index is 1.98. The van der Waals surface area contributed by atoms with Gasteiger partial charge in [0.25, 0.3) is 0 Å². The van der Waals surface area contributed by atoms with Gasteiger partial charge in [0.2, 0.25) is 0 Å². The molecule has 0 heterocycles. The van der Waals surface area contributed by atoms with Crippen LogP contribution in [0, 0.1) is 11.3 Å². The summed E-state index contributed by atoms with van der Waals surface area (Å²) < 4.78 is 5.58. The molecule has 3 nitrogen and oxygen atoms in total. The van der Waals surface area contributed by atoms with Crippen molar-refractivity contribution in [2.75, 3.05) is 32.8 Å². The summed E-state index contributed by atoms with van der Waals surface area (Å²) in [6, 6.07) is 0. The molecule has 0 unspecified atom stereocenters. The summed E-state index contributed by atoms with van der Waals surface area (Å²) in [5.41, 5.74) is 6.13. The number of nitrogens with one attached hydrogen (secondary N) is 1. The van der Waals surface area contributed by atoms with E-state index in [0.29, 0.717) is 0 Å². The van der Waals surface area contributed by atoms with Crippen LogP contribution in [-0.4, -0.2) is 32.8 Å². The zero-order chi connectivity index (χ0) is 11.9. The largest absolute Gasteiger partial charge is 0.380 e. The van der Waals surface area contributed by atoms with Gasteiger partial charge in [0, 0.05) is 19.7 Å². The summed E-state index contributed by atoms with van der Waals surface area (Å²) >= 11 is 0. The van der Waals surface area contributed by atoms with Crippen molar-refractivity contribution >= 4 is 0 Å². The van der Waals surface area contributed by atoms with Gasteiger partial charge >= 0.3 is 0 Å². The van der Waals surface area contributed by atoms with Crippen LogP contribution in [0.4, 0.5) is 0 Å². The van der Waals surface area contributed by atoms with Crippen molar-refractivity contribution in [3.8, 4) is 0 Å². The molecule has 0 radical (unpaired) electrons. The number of rotatable bonds is 10. The second-order valence-electron chi connectivity index (χ2n) is 5.11. The van der Waals surface area contributed by atoms with Crippen LogP contribution < -0.4 is 11.1 Å². The van der Waals surface area contributed by atoms with E-state index >= 15 is 0 Å². The molecule has 0 amide bonds. The Morgan fingerprint density at radius 2 is 2.00 bits per heavy atom. The van der Waals surface area contributed by atoms with Crippen molar-refractivity contribution in [2.24, 2.45) is 17.1 Å². The minimum atomic E-state index is 0.288. The van der Waals surface area contributed by atoms with Crippen LogP contribution >= 0.6 is 0 Å². The van der Waals surface area contributed by atoms with E-state index in [4.69, 9.17) is 10.5 Å². The number of ether oxygens (including phenoxy) is 1. The van der Waals surface area contributed by atoms with E-state index in [-0.39, 0.29) is 5.41 Å². The first-order valence-corrected chi connectivity index (χ1v) is 6.75. The Hall–Kier alpha value is -0.120. The van der Waals surface area contributed by atoms with Crippen molar-refractivity contribution in [3.05, 3.63) is 0 Å². The first kappa shape index (κ1) is 13.9. The molecular weight excluding hydrogens is 200 g/mol. The maximum Gasteiger partial charge on any atom is 0.0591 e. The van der Waals surface area contributed by atoms with E-state index in [9.17, 15) is 0 Å². The number of hydrogen-bond donors (Lipinski definition) is 2. The van der Waals surface area contributed by atoms with Crippen molar-refractivity contribution in [1.82, 2.24) is 5.32 Å². The molecule has 1 aliphatic rings. The highest BCUT2D eigenvalue weighted by Gasteiger charge is 2.23. The normalized spacial score (nSPS) is 16.7. The first-order chi connectivity index (χ1) is 7.76. The zero-order valence-electron chi connectivity index (χ0n) is 10.9. The van der Waals surface area contributed by atoms with Gasteiger partial charge in [0.15, 0.2) is 0 Å². The van der Waals surface area contributed by atoms with Crippen molar-refractivity contribution in [2.45, 2.75) is 39.5 Å². The van der Waals surface area contributed by atoms with Crippen LogP contribution in [0.3, 0.4) is 0 Å². The number of hydrogen-bond acceptors (Lipinski definition) is 3. The fourth-order valence-corrected chi connectivity index (χ4v) is 1.89. The summed E-state index contributed by atoms with van der Waals surface area (Å²) in [5, 5.41) is 3.47. The Bertz CT molecular complexity index is 169. The molecule has 16 heavy (non-hydrogen) atoms. The summed E-state index contributed by atoms with van der Waals surface area (Å²) in [6.45, 7) is 8.99. The maximum absolute atomic E-state index is 5.85. The van der Waals surface area contributed by atoms with Gasteiger partial charge in [-0.25, -0.2) is 0 Å². The fourth-order valence-electron chi connectivity index (χ4n) is 1.89. The first-order valence-electron chi connectivity index (χ1n) is 6.75. The van der Waals surface area contributed by atoms with Gasteiger partial charge in [-0.15, -0.1) is 0 Å². The Labute approximate surface area is 100 Å². The Morgan fingerprint density at radius 1 is 1.31 bits per heavy atom. The van der Waals surface area contributed by atoms with Crippen LogP contribution in [0.15, 0.2) is 0 Å². The minimum absolute atomic E-state index is 0.288. The van der Waals surface area contributed by atoms with Crippen LogP contribution in [0.25, 0.3) is 0 Å². The van der Waals surface area contributed by atoms with Gasteiger partial charge in [-0.2, -0.15) is 0 Å². The topological polar surface area (TPSA) is 47.3 Å². The van der Waals surface area contributed by atoms with Gasteiger partial charge in [-0.1, -0.05) is 13.8 Å². The molecule has 0 bridgehead atoms.